The number of carbonyl (C=O) groups is 1. The molecule has 0 bridgehead atoms. The molecule has 0 atom stereocenters. The van der Waals surface area contributed by atoms with Gasteiger partial charge >= 0.3 is 0 Å². The van der Waals surface area contributed by atoms with E-state index in [-0.39, 0.29) is 0 Å². The quantitative estimate of drug-likeness (QED) is 0.484. The van der Waals surface area contributed by atoms with Gasteiger partial charge in [0.25, 0.3) is 0 Å². The van der Waals surface area contributed by atoms with Crippen LogP contribution in [0, 0.1) is 0 Å². The lowest BCUT2D eigenvalue weighted by molar-refractivity contribution is 0.111. The predicted octanol–water partition coefficient (Wildman–Crippen LogP) is 3.68. The number of aldehydes is 1. The van der Waals surface area contributed by atoms with E-state index < -0.39 is 0 Å². The van der Waals surface area contributed by atoms with Crippen LogP contribution < -0.4 is 9.47 Å². The average molecular weight is 361 g/mol. The lowest BCUT2D eigenvalue weighted by Crippen LogP contribution is -1.98. The molecule has 0 amide bonds. The standard InChI is InChI=1S/C20H15N3O4/c1-25-17-5-4-15(22-10-17)12-26-16-6-7-19-18(8-16)23-20(27-19)13-2-3-14(11-24)21-9-13/h2-11H,12H2,1H3. The molecule has 7 heteroatoms. The number of benzene rings is 1. The highest BCUT2D eigenvalue weighted by molar-refractivity contribution is 5.78. The highest BCUT2D eigenvalue weighted by Gasteiger charge is 2.10. The van der Waals surface area contributed by atoms with Crippen molar-refractivity contribution in [2.24, 2.45) is 0 Å². The van der Waals surface area contributed by atoms with Crippen molar-refractivity contribution >= 4 is 17.4 Å². The third-order valence-corrected chi connectivity index (χ3v) is 3.93. The van der Waals surface area contributed by atoms with Gasteiger partial charge in [-0.15, -0.1) is 0 Å². The third kappa shape index (κ3) is 3.62. The summed E-state index contributed by atoms with van der Waals surface area (Å²) in [4.78, 5) is 23.5. The van der Waals surface area contributed by atoms with Gasteiger partial charge in [0.1, 0.15) is 29.3 Å². The van der Waals surface area contributed by atoms with Crippen LogP contribution in [0.1, 0.15) is 16.2 Å². The normalized spacial score (nSPS) is 10.7. The highest BCUT2D eigenvalue weighted by atomic mass is 16.5. The molecule has 0 aliphatic carbocycles. The van der Waals surface area contributed by atoms with Crippen molar-refractivity contribution in [1.82, 2.24) is 15.0 Å². The first-order valence-corrected chi connectivity index (χ1v) is 8.19. The van der Waals surface area contributed by atoms with Crippen LogP contribution in [0.2, 0.25) is 0 Å². The molecule has 0 radical (unpaired) electrons. The number of pyridine rings is 2. The predicted molar refractivity (Wildman–Crippen MR) is 97.7 cm³/mol. The molecule has 0 spiro atoms. The van der Waals surface area contributed by atoms with E-state index >= 15 is 0 Å². The molecule has 27 heavy (non-hydrogen) atoms. The maximum Gasteiger partial charge on any atom is 0.228 e. The van der Waals surface area contributed by atoms with Gasteiger partial charge in [0.05, 0.1) is 24.6 Å². The lowest BCUT2D eigenvalue weighted by atomic mass is 10.2. The van der Waals surface area contributed by atoms with Gasteiger partial charge in [-0.2, -0.15) is 0 Å². The summed E-state index contributed by atoms with van der Waals surface area (Å²) in [5.74, 6) is 1.80. The van der Waals surface area contributed by atoms with E-state index in [1.807, 2.05) is 18.2 Å². The van der Waals surface area contributed by atoms with E-state index in [9.17, 15) is 4.79 Å². The van der Waals surface area contributed by atoms with Crippen molar-refractivity contribution < 1.29 is 18.7 Å². The van der Waals surface area contributed by atoms with Crippen LogP contribution in [0.4, 0.5) is 0 Å². The third-order valence-electron chi connectivity index (χ3n) is 3.93. The minimum absolute atomic E-state index is 0.331. The van der Waals surface area contributed by atoms with E-state index in [0.29, 0.717) is 52.6 Å². The van der Waals surface area contributed by atoms with Crippen molar-refractivity contribution in [1.29, 1.82) is 0 Å². The van der Waals surface area contributed by atoms with Crippen molar-refractivity contribution in [2.75, 3.05) is 7.11 Å². The summed E-state index contributed by atoms with van der Waals surface area (Å²) in [5.41, 5.74) is 3.15. The van der Waals surface area contributed by atoms with Gasteiger partial charge in [-0.3, -0.25) is 14.8 Å². The summed E-state index contributed by atoms with van der Waals surface area (Å²) in [6.45, 7) is 0.331. The summed E-state index contributed by atoms with van der Waals surface area (Å²) in [6, 6.07) is 12.5. The molecule has 134 valence electrons. The van der Waals surface area contributed by atoms with Crippen LogP contribution in [0.3, 0.4) is 0 Å². The van der Waals surface area contributed by atoms with Crippen molar-refractivity contribution in [3.63, 3.8) is 0 Å². The second kappa shape index (κ2) is 7.25. The maximum atomic E-state index is 10.7. The van der Waals surface area contributed by atoms with Crippen LogP contribution in [0.25, 0.3) is 22.6 Å². The molecule has 0 N–H and O–H groups in total. The largest absolute Gasteiger partial charge is 0.495 e. The number of hydrogen-bond donors (Lipinski definition) is 0. The zero-order valence-corrected chi connectivity index (χ0v) is 14.5. The van der Waals surface area contributed by atoms with Crippen molar-refractivity contribution in [3.05, 3.63) is 66.2 Å². The Labute approximate surface area is 154 Å². The van der Waals surface area contributed by atoms with E-state index in [0.717, 1.165) is 5.69 Å². The van der Waals surface area contributed by atoms with E-state index in [4.69, 9.17) is 13.9 Å². The van der Waals surface area contributed by atoms with Gasteiger partial charge in [-0.1, -0.05) is 0 Å². The minimum atomic E-state index is 0.331. The zero-order chi connectivity index (χ0) is 18.6. The second-order valence-corrected chi connectivity index (χ2v) is 5.72. The maximum absolute atomic E-state index is 10.7. The minimum Gasteiger partial charge on any atom is -0.495 e. The fourth-order valence-corrected chi connectivity index (χ4v) is 2.50. The number of nitrogens with zero attached hydrogens (tertiary/aromatic N) is 3. The summed E-state index contributed by atoms with van der Waals surface area (Å²) < 4.78 is 16.6. The van der Waals surface area contributed by atoms with Gasteiger partial charge in [-0.25, -0.2) is 4.98 Å². The highest BCUT2D eigenvalue weighted by Crippen LogP contribution is 2.27. The van der Waals surface area contributed by atoms with Crippen molar-refractivity contribution in [2.45, 2.75) is 6.61 Å². The molecule has 4 aromatic rings. The van der Waals surface area contributed by atoms with Crippen LogP contribution in [-0.2, 0) is 6.61 Å². The lowest BCUT2D eigenvalue weighted by Gasteiger charge is -2.06. The molecular weight excluding hydrogens is 346 g/mol. The Balaban J connectivity index is 1.52. The van der Waals surface area contributed by atoms with E-state index in [1.54, 1.807) is 43.8 Å². The monoisotopic (exact) mass is 361 g/mol. The first-order valence-electron chi connectivity index (χ1n) is 8.19. The molecule has 4 rings (SSSR count). The van der Waals surface area contributed by atoms with Gasteiger partial charge in [0.2, 0.25) is 5.89 Å². The first kappa shape index (κ1) is 16.7. The number of fused-ring (bicyclic) bond motifs is 1. The van der Waals surface area contributed by atoms with Crippen LogP contribution in [0.5, 0.6) is 11.5 Å². The topological polar surface area (TPSA) is 87.3 Å². The molecule has 3 aromatic heterocycles. The molecule has 7 nitrogen and oxygen atoms in total. The molecule has 0 unspecified atom stereocenters. The Morgan fingerprint density at radius 2 is 1.93 bits per heavy atom. The fourth-order valence-electron chi connectivity index (χ4n) is 2.50. The number of carbonyl (C=O) groups excluding carboxylic acids is 1. The molecule has 0 aliphatic rings. The summed E-state index contributed by atoms with van der Waals surface area (Å²) >= 11 is 0. The van der Waals surface area contributed by atoms with E-state index in [2.05, 4.69) is 15.0 Å². The number of hydrogen-bond acceptors (Lipinski definition) is 7. The summed E-state index contributed by atoms with van der Waals surface area (Å²) in [7, 11) is 1.60. The Bertz CT molecular complexity index is 1070. The summed E-state index contributed by atoms with van der Waals surface area (Å²) in [6.07, 6.45) is 3.90. The van der Waals surface area contributed by atoms with Crippen molar-refractivity contribution in [3.8, 4) is 23.0 Å². The molecule has 0 fully saturated rings. The smallest absolute Gasteiger partial charge is 0.228 e. The number of ether oxygens (including phenoxy) is 2. The van der Waals surface area contributed by atoms with Crippen LogP contribution in [0.15, 0.2) is 59.3 Å². The van der Waals surface area contributed by atoms with Gasteiger partial charge < -0.3 is 13.9 Å². The molecule has 0 saturated heterocycles. The SMILES string of the molecule is COc1ccc(COc2ccc3oc(-c4ccc(C=O)nc4)nc3c2)nc1. The fraction of sp³-hybridized carbons (Fsp3) is 0.100. The first-order chi connectivity index (χ1) is 13.2. The Kier molecular flexibility index (Phi) is 4.49. The molecular formula is C20H15N3O4. The molecule has 1 aromatic carbocycles. The Morgan fingerprint density at radius 3 is 2.63 bits per heavy atom. The second-order valence-electron chi connectivity index (χ2n) is 5.72. The Morgan fingerprint density at radius 1 is 1.04 bits per heavy atom. The Hall–Kier alpha value is -3.74. The number of aromatic nitrogens is 3. The summed E-state index contributed by atoms with van der Waals surface area (Å²) in [5, 5.41) is 0. The zero-order valence-electron chi connectivity index (χ0n) is 14.5. The van der Waals surface area contributed by atoms with Gasteiger partial charge in [0.15, 0.2) is 11.9 Å². The number of oxazole rings is 1. The van der Waals surface area contributed by atoms with E-state index in [1.165, 1.54) is 0 Å². The number of methoxy groups -OCH3 is 1. The van der Waals surface area contributed by atoms with Crippen LogP contribution in [-0.4, -0.2) is 28.3 Å². The molecule has 0 aliphatic heterocycles. The van der Waals surface area contributed by atoms with Gasteiger partial charge in [0, 0.05) is 12.3 Å². The molecule has 3 heterocycles. The molecule has 0 saturated carbocycles. The average Bonchev–Trinajstić information content (AvgIpc) is 3.16. The number of rotatable bonds is 6. The van der Waals surface area contributed by atoms with Gasteiger partial charge in [-0.05, 0) is 36.4 Å². The van der Waals surface area contributed by atoms with Crippen LogP contribution >= 0.6 is 0 Å².